The highest BCUT2D eigenvalue weighted by Gasteiger charge is 2.22. The van der Waals surface area contributed by atoms with Crippen molar-refractivity contribution in [3.63, 3.8) is 0 Å². The number of carbonyl (C=O) groups is 2. The standard InChI is InChI=1S/C13H24O4/c1-9(2)6-10(7-11(14)15)8-12(16)17-13(3,4)5/h9-10H,6-8H2,1-5H3,(H,14,15)/t10-/m1/s1. The molecule has 0 fully saturated rings. The minimum atomic E-state index is -0.862. The molecular formula is C13H24O4. The predicted molar refractivity (Wildman–Crippen MR) is 65.7 cm³/mol. The van der Waals surface area contributed by atoms with Crippen molar-refractivity contribution >= 4 is 11.9 Å². The van der Waals surface area contributed by atoms with E-state index in [0.29, 0.717) is 5.92 Å². The maximum Gasteiger partial charge on any atom is 0.306 e. The highest BCUT2D eigenvalue weighted by atomic mass is 16.6. The van der Waals surface area contributed by atoms with E-state index in [1.165, 1.54) is 0 Å². The number of ether oxygens (including phenoxy) is 1. The van der Waals surface area contributed by atoms with Gasteiger partial charge in [-0.15, -0.1) is 0 Å². The molecule has 0 heterocycles. The quantitative estimate of drug-likeness (QED) is 0.730. The van der Waals surface area contributed by atoms with Crippen LogP contribution in [0.4, 0.5) is 0 Å². The van der Waals surface area contributed by atoms with Gasteiger partial charge >= 0.3 is 11.9 Å². The van der Waals surface area contributed by atoms with Gasteiger partial charge in [-0.25, -0.2) is 0 Å². The first-order valence-corrected chi connectivity index (χ1v) is 6.03. The average molecular weight is 244 g/mol. The van der Waals surface area contributed by atoms with Gasteiger partial charge in [0.05, 0.1) is 0 Å². The predicted octanol–water partition coefficient (Wildman–Crippen LogP) is 2.86. The highest BCUT2D eigenvalue weighted by molar-refractivity contribution is 5.72. The Morgan fingerprint density at radius 2 is 1.71 bits per heavy atom. The summed E-state index contributed by atoms with van der Waals surface area (Å²) in [5.74, 6) is -0.937. The van der Waals surface area contributed by atoms with E-state index < -0.39 is 11.6 Å². The van der Waals surface area contributed by atoms with Gasteiger partial charge in [0.15, 0.2) is 0 Å². The summed E-state index contributed by atoms with van der Waals surface area (Å²) in [6.45, 7) is 9.45. The van der Waals surface area contributed by atoms with Gasteiger partial charge in [-0.2, -0.15) is 0 Å². The van der Waals surface area contributed by atoms with Gasteiger partial charge < -0.3 is 9.84 Å². The number of rotatable bonds is 6. The summed E-state index contributed by atoms with van der Waals surface area (Å²) in [5, 5.41) is 8.79. The molecule has 1 N–H and O–H groups in total. The number of aliphatic carboxylic acids is 1. The topological polar surface area (TPSA) is 63.6 Å². The van der Waals surface area contributed by atoms with Crippen LogP contribution in [0, 0.1) is 11.8 Å². The van der Waals surface area contributed by atoms with E-state index in [2.05, 4.69) is 0 Å². The van der Waals surface area contributed by atoms with Crippen molar-refractivity contribution in [1.82, 2.24) is 0 Å². The molecular weight excluding hydrogens is 220 g/mol. The Kier molecular flexibility index (Phi) is 6.21. The van der Waals surface area contributed by atoms with Crippen molar-refractivity contribution in [3.8, 4) is 0 Å². The van der Waals surface area contributed by atoms with Crippen LogP contribution in [-0.4, -0.2) is 22.6 Å². The van der Waals surface area contributed by atoms with Gasteiger partial charge in [0, 0.05) is 12.8 Å². The van der Waals surface area contributed by atoms with Crippen LogP contribution in [0.5, 0.6) is 0 Å². The Balaban J connectivity index is 4.32. The van der Waals surface area contributed by atoms with E-state index in [1.807, 2.05) is 13.8 Å². The van der Waals surface area contributed by atoms with Crippen molar-refractivity contribution in [2.24, 2.45) is 11.8 Å². The molecule has 0 saturated carbocycles. The molecule has 0 aromatic rings. The molecule has 4 heteroatoms. The van der Waals surface area contributed by atoms with Crippen LogP contribution >= 0.6 is 0 Å². The molecule has 0 aliphatic rings. The first-order valence-electron chi connectivity index (χ1n) is 6.03. The minimum absolute atomic E-state index is 0.0252. The molecule has 17 heavy (non-hydrogen) atoms. The van der Waals surface area contributed by atoms with E-state index in [4.69, 9.17) is 9.84 Å². The van der Waals surface area contributed by atoms with Crippen LogP contribution < -0.4 is 0 Å². The van der Waals surface area contributed by atoms with Gasteiger partial charge in [-0.05, 0) is 39.0 Å². The third-order valence-corrected chi connectivity index (χ3v) is 2.14. The van der Waals surface area contributed by atoms with Crippen molar-refractivity contribution < 1.29 is 19.4 Å². The Morgan fingerprint density at radius 3 is 2.06 bits per heavy atom. The first-order chi connectivity index (χ1) is 7.60. The van der Waals surface area contributed by atoms with Crippen LogP contribution in [0.25, 0.3) is 0 Å². The van der Waals surface area contributed by atoms with Gasteiger partial charge in [0.1, 0.15) is 5.60 Å². The molecule has 4 nitrogen and oxygen atoms in total. The molecule has 0 aliphatic carbocycles. The molecule has 0 spiro atoms. The third kappa shape index (κ3) is 9.85. The maximum absolute atomic E-state index is 11.6. The number of carbonyl (C=O) groups excluding carboxylic acids is 1. The van der Waals surface area contributed by atoms with Crippen molar-refractivity contribution in [2.45, 2.75) is 59.5 Å². The van der Waals surface area contributed by atoms with Crippen molar-refractivity contribution in [1.29, 1.82) is 0 Å². The van der Waals surface area contributed by atoms with Crippen LogP contribution in [0.15, 0.2) is 0 Å². The highest BCUT2D eigenvalue weighted by Crippen LogP contribution is 2.21. The second-order valence-electron chi connectivity index (χ2n) is 5.88. The molecule has 0 saturated heterocycles. The lowest BCUT2D eigenvalue weighted by atomic mass is 9.91. The largest absolute Gasteiger partial charge is 0.481 e. The Hall–Kier alpha value is -1.06. The molecule has 0 amide bonds. The maximum atomic E-state index is 11.6. The minimum Gasteiger partial charge on any atom is -0.481 e. The molecule has 0 aromatic carbocycles. The van der Waals surface area contributed by atoms with E-state index in [-0.39, 0.29) is 24.7 Å². The summed E-state index contributed by atoms with van der Waals surface area (Å²) in [4.78, 5) is 22.3. The lowest BCUT2D eigenvalue weighted by Gasteiger charge is -2.22. The molecule has 0 unspecified atom stereocenters. The Morgan fingerprint density at radius 1 is 1.18 bits per heavy atom. The number of hydrogen-bond donors (Lipinski definition) is 1. The van der Waals surface area contributed by atoms with Gasteiger partial charge in [0.2, 0.25) is 0 Å². The second-order valence-corrected chi connectivity index (χ2v) is 5.88. The number of carboxylic acids is 1. The monoisotopic (exact) mass is 244 g/mol. The van der Waals surface area contributed by atoms with Gasteiger partial charge in [-0.3, -0.25) is 9.59 Å². The first kappa shape index (κ1) is 15.9. The normalized spacial score (nSPS) is 13.5. The summed E-state index contributed by atoms with van der Waals surface area (Å²) in [5.41, 5.74) is -0.511. The fourth-order valence-corrected chi connectivity index (χ4v) is 1.77. The molecule has 0 bridgehead atoms. The number of carboxylic acid groups (broad SMARTS) is 1. The van der Waals surface area contributed by atoms with Gasteiger partial charge in [-0.1, -0.05) is 13.8 Å². The third-order valence-electron chi connectivity index (χ3n) is 2.14. The lowest BCUT2D eigenvalue weighted by Crippen LogP contribution is -2.26. The Labute approximate surface area is 103 Å². The fourth-order valence-electron chi connectivity index (χ4n) is 1.77. The van der Waals surface area contributed by atoms with Gasteiger partial charge in [0.25, 0.3) is 0 Å². The summed E-state index contributed by atoms with van der Waals surface area (Å²) in [6.07, 6.45) is 0.935. The van der Waals surface area contributed by atoms with Crippen molar-refractivity contribution in [2.75, 3.05) is 0 Å². The smallest absolute Gasteiger partial charge is 0.306 e. The zero-order valence-electron chi connectivity index (χ0n) is 11.4. The average Bonchev–Trinajstić information content (AvgIpc) is 1.95. The van der Waals surface area contributed by atoms with Crippen molar-refractivity contribution in [3.05, 3.63) is 0 Å². The zero-order valence-corrected chi connectivity index (χ0v) is 11.4. The molecule has 0 aromatic heterocycles. The lowest BCUT2D eigenvalue weighted by molar-refractivity contribution is -0.156. The zero-order chi connectivity index (χ0) is 13.6. The SMILES string of the molecule is CC(C)C[C@H](CC(=O)O)CC(=O)OC(C)(C)C. The van der Waals surface area contributed by atoms with E-state index in [1.54, 1.807) is 20.8 Å². The summed E-state index contributed by atoms with van der Waals surface area (Å²) in [7, 11) is 0. The number of esters is 1. The Bertz CT molecular complexity index is 263. The van der Waals surface area contributed by atoms with Crippen LogP contribution in [0.3, 0.4) is 0 Å². The van der Waals surface area contributed by atoms with E-state index in [9.17, 15) is 9.59 Å². The summed E-state index contributed by atoms with van der Waals surface area (Å²) in [6, 6.07) is 0. The fraction of sp³-hybridized carbons (Fsp3) is 0.846. The molecule has 100 valence electrons. The van der Waals surface area contributed by atoms with Crippen LogP contribution in [0.1, 0.15) is 53.9 Å². The summed E-state index contributed by atoms with van der Waals surface area (Å²) < 4.78 is 5.20. The van der Waals surface area contributed by atoms with Crippen LogP contribution in [0.2, 0.25) is 0 Å². The molecule has 0 radical (unpaired) electrons. The van der Waals surface area contributed by atoms with E-state index >= 15 is 0 Å². The molecule has 0 rings (SSSR count). The van der Waals surface area contributed by atoms with E-state index in [0.717, 1.165) is 6.42 Å². The summed E-state index contributed by atoms with van der Waals surface area (Å²) >= 11 is 0. The molecule has 1 atom stereocenters. The number of hydrogen-bond acceptors (Lipinski definition) is 3. The molecule has 0 aliphatic heterocycles. The second kappa shape index (κ2) is 6.62. The van der Waals surface area contributed by atoms with Crippen LogP contribution in [-0.2, 0) is 14.3 Å².